The third-order valence-corrected chi connectivity index (χ3v) is 4.90. The Morgan fingerprint density at radius 2 is 1.92 bits per heavy atom. The Labute approximate surface area is 139 Å². The van der Waals surface area contributed by atoms with Crippen LogP contribution in [-0.2, 0) is 25.3 Å². The molecule has 0 radical (unpaired) electrons. The van der Waals surface area contributed by atoms with Crippen LogP contribution in [0.4, 0.5) is 5.69 Å². The molecule has 0 atom stereocenters. The van der Waals surface area contributed by atoms with Crippen molar-refractivity contribution in [2.75, 3.05) is 5.32 Å². The molecule has 7 heteroatoms. The van der Waals surface area contributed by atoms with Crippen molar-refractivity contribution in [2.45, 2.75) is 39.0 Å². The van der Waals surface area contributed by atoms with E-state index in [-0.39, 0.29) is 11.8 Å². The van der Waals surface area contributed by atoms with Crippen LogP contribution in [0.5, 0.6) is 0 Å². The number of carbonyl (C=O) groups is 1. The van der Waals surface area contributed by atoms with Crippen LogP contribution < -0.4 is 16.6 Å². The molecule has 0 aliphatic heterocycles. The van der Waals surface area contributed by atoms with Crippen molar-refractivity contribution in [1.82, 2.24) is 14.1 Å². The molecule has 1 N–H and O–H groups in total. The van der Waals surface area contributed by atoms with E-state index in [0.717, 1.165) is 35.8 Å². The maximum absolute atomic E-state index is 12.7. The van der Waals surface area contributed by atoms with Gasteiger partial charge in [-0.1, -0.05) is 19.8 Å². The molecule has 128 valence electrons. The van der Waals surface area contributed by atoms with Gasteiger partial charge in [0.05, 0.1) is 5.69 Å². The molecule has 1 aliphatic carbocycles. The minimum absolute atomic E-state index is 0.00527. The molecule has 0 spiro atoms. The van der Waals surface area contributed by atoms with Gasteiger partial charge in [-0.25, -0.2) is 9.78 Å². The fourth-order valence-corrected chi connectivity index (χ4v) is 3.39. The van der Waals surface area contributed by atoms with Gasteiger partial charge in [-0.05, 0) is 24.8 Å². The van der Waals surface area contributed by atoms with Gasteiger partial charge in [-0.3, -0.25) is 18.7 Å². The van der Waals surface area contributed by atoms with Crippen LogP contribution in [0.15, 0.2) is 15.8 Å². The van der Waals surface area contributed by atoms with Crippen molar-refractivity contribution in [1.29, 1.82) is 0 Å². The Morgan fingerprint density at radius 1 is 1.25 bits per heavy atom. The van der Waals surface area contributed by atoms with E-state index in [1.165, 1.54) is 11.6 Å². The minimum atomic E-state index is -0.433. The quantitative estimate of drug-likeness (QED) is 0.920. The van der Waals surface area contributed by atoms with Gasteiger partial charge in [0.25, 0.3) is 5.56 Å². The second kappa shape index (κ2) is 6.22. The van der Waals surface area contributed by atoms with E-state index in [0.29, 0.717) is 23.1 Å². The second-order valence-electron chi connectivity index (χ2n) is 6.39. The van der Waals surface area contributed by atoms with Crippen LogP contribution in [0.3, 0.4) is 0 Å². The molecule has 1 amide bonds. The SMILES string of the molecule is CCc1cnc2c(c1NC(=O)C1CCCC1)c(=O)n(C)c(=O)n2C. The van der Waals surface area contributed by atoms with Gasteiger partial charge >= 0.3 is 5.69 Å². The smallest absolute Gasteiger partial charge is 0.325 e. The lowest BCUT2D eigenvalue weighted by molar-refractivity contribution is -0.119. The number of aromatic nitrogens is 3. The molecule has 7 nitrogen and oxygen atoms in total. The molecule has 24 heavy (non-hydrogen) atoms. The molecule has 0 bridgehead atoms. The maximum Gasteiger partial charge on any atom is 0.332 e. The van der Waals surface area contributed by atoms with Crippen LogP contribution >= 0.6 is 0 Å². The van der Waals surface area contributed by atoms with Gasteiger partial charge in [0.1, 0.15) is 5.39 Å². The zero-order valence-corrected chi connectivity index (χ0v) is 14.3. The largest absolute Gasteiger partial charge is 0.332 e. The van der Waals surface area contributed by atoms with E-state index >= 15 is 0 Å². The standard InChI is InChI=1S/C17H22N4O3/c1-4-10-9-18-14-12(16(23)21(3)17(24)20(14)2)13(10)19-15(22)11-7-5-6-8-11/h9,11H,4-8H2,1-3H3,(H,18,19,22). The summed E-state index contributed by atoms with van der Waals surface area (Å²) in [5.74, 6) is -0.0556. The molecule has 0 saturated heterocycles. The summed E-state index contributed by atoms with van der Waals surface area (Å²) in [5, 5.41) is 3.25. The highest BCUT2D eigenvalue weighted by Gasteiger charge is 2.25. The first-order valence-corrected chi connectivity index (χ1v) is 8.34. The Hall–Kier alpha value is -2.44. The Balaban J connectivity index is 2.22. The number of hydrogen-bond acceptors (Lipinski definition) is 4. The van der Waals surface area contributed by atoms with Crippen molar-refractivity contribution < 1.29 is 4.79 Å². The summed E-state index contributed by atoms with van der Waals surface area (Å²) in [7, 11) is 3.01. The maximum atomic E-state index is 12.7. The molecule has 0 aromatic carbocycles. The first-order valence-electron chi connectivity index (χ1n) is 8.34. The summed E-state index contributed by atoms with van der Waals surface area (Å²) in [5.41, 5.74) is 0.720. The molecule has 2 aromatic rings. The highest BCUT2D eigenvalue weighted by molar-refractivity contribution is 6.01. The van der Waals surface area contributed by atoms with Crippen LogP contribution in [0.25, 0.3) is 11.0 Å². The van der Waals surface area contributed by atoms with Crippen LogP contribution in [0.1, 0.15) is 38.2 Å². The number of amides is 1. The Kier molecular flexibility index (Phi) is 4.26. The summed E-state index contributed by atoms with van der Waals surface area (Å²) >= 11 is 0. The summed E-state index contributed by atoms with van der Waals surface area (Å²) in [6.07, 6.45) is 6.15. The normalized spacial score (nSPS) is 15.1. The zero-order chi connectivity index (χ0) is 17.4. The number of nitrogens with zero attached hydrogens (tertiary/aromatic N) is 3. The van der Waals surface area contributed by atoms with E-state index in [4.69, 9.17) is 0 Å². The average molecular weight is 330 g/mol. The van der Waals surface area contributed by atoms with Crippen molar-refractivity contribution >= 4 is 22.6 Å². The van der Waals surface area contributed by atoms with Gasteiger partial charge in [0, 0.05) is 26.2 Å². The molecule has 2 heterocycles. The number of fused-ring (bicyclic) bond motifs is 1. The molecule has 1 aliphatic rings. The van der Waals surface area contributed by atoms with Crippen molar-refractivity contribution in [3.63, 3.8) is 0 Å². The third-order valence-electron chi connectivity index (χ3n) is 4.90. The number of carbonyl (C=O) groups excluding carboxylic acids is 1. The lowest BCUT2D eigenvalue weighted by Gasteiger charge is -2.16. The monoisotopic (exact) mass is 330 g/mol. The van der Waals surface area contributed by atoms with Gasteiger partial charge in [0.15, 0.2) is 5.65 Å². The molecular formula is C17H22N4O3. The van der Waals surface area contributed by atoms with E-state index in [9.17, 15) is 14.4 Å². The third kappa shape index (κ3) is 2.53. The van der Waals surface area contributed by atoms with Gasteiger partial charge in [-0.15, -0.1) is 0 Å². The number of aryl methyl sites for hydroxylation is 2. The summed E-state index contributed by atoms with van der Waals surface area (Å²) < 4.78 is 2.38. The van der Waals surface area contributed by atoms with E-state index in [2.05, 4.69) is 10.3 Å². The van der Waals surface area contributed by atoms with Crippen LogP contribution in [0, 0.1) is 5.92 Å². The van der Waals surface area contributed by atoms with Crippen molar-refractivity contribution in [2.24, 2.45) is 20.0 Å². The fourth-order valence-electron chi connectivity index (χ4n) is 3.39. The number of anilines is 1. The van der Waals surface area contributed by atoms with Crippen LogP contribution in [0.2, 0.25) is 0 Å². The molecule has 1 saturated carbocycles. The molecule has 0 unspecified atom stereocenters. The topological polar surface area (TPSA) is 86.0 Å². The van der Waals surface area contributed by atoms with Gasteiger partial charge < -0.3 is 5.32 Å². The molecule has 2 aromatic heterocycles. The highest BCUT2D eigenvalue weighted by atomic mass is 16.2. The molecule has 3 rings (SSSR count). The summed E-state index contributed by atoms with van der Waals surface area (Å²) in [6, 6.07) is 0. The fraction of sp³-hybridized carbons (Fsp3) is 0.529. The highest BCUT2D eigenvalue weighted by Crippen LogP contribution is 2.28. The number of rotatable bonds is 3. The van der Waals surface area contributed by atoms with E-state index in [1.807, 2.05) is 6.92 Å². The summed E-state index contributed by atoms with van der Waals surface area (Å²) in [4.78, 5) is 41.6. The minimum Gasteiger partial charge on any atom is -0.325 e. The Bertz CT molecular complexity index is 920. The van der Waals surface area contributed by atoms with E-state index < -0.39 is 11.2 Å². The zero-order valence-electron chi connectivity index (χ0n) is 14.3. The van der Waals surface area contributed by atoms with Crippen LogP contribution in [-0.4, -0.2) is 20.0 Å². The number of pyridine rings is 1. The molecular weight excluding hydrogens is 308 g/mol. The predicted octanol–water partition coefficient (Wildman–Crippen LogP) is 1.32. The van der Waals surface area contributed by atoms with Crippen molar-refractivity contribution in [3.8, 4) is 0 Å². The number of hydrogen-bond donors (Lipinski definition) is 1. The summed E-state index contributed by atoms with van der Waals surface area (Å²) in [6.45, 7) is 1.94. The Morgan fingerprint density at radius 3 is 2.54 bits per heavy atom. The first kappa shape index (κ1) is 16.4. The lowest BCUT2D eigenvalue weighted by Crippen LogP contribution is -2.38. The lowest BCUT2D eigenvalue weighted by atomic mass is 10.1. The van der Waals surface area contributed by atoms with E-state index in [1.54, 1.807) is 13.2 Å². The second-order valence-corrected chi connectivity index (χ2v) is 6.39. The van der Waals surface area contributed by atoms with Gasteiger partial charge in [-0.2, -0.15) is 0 Å². The average Bonchev–Trinajstić information content (AvgIpc) is 3.12. The molecule has 1 fully saturated rings. The van der Waals surface area contributed by atoms with Gasteiger partial charge in [0.2, 0.25) is 5.91 Å². The first-order chi connectivity index (χ1) is 11.5. The van der Waals surface area contributed by atoms with Crippen molar-refractivity contribution in [3.05, 3.63) is 32.6 Å². The number of nitrogens with one attached hydrogen (secondary N) is 1. The predicted molar refractivity (Wildman–Crippen MR) is 92.2 cm³/mol.